The molecule has 1 heterocycles. The normalized spacial score (nSPS) is 19.3. The summed E-state index contributed by atoms with van der Waals surface area (Å²) in [6, 6.07) is 8.71. The molecule has 1 atom stereocenters. The van der Waals surface area contributed by atoms with Gasteiger partial charge in [0.2, 0.25) is 0 Å². The summed E-state index contributed by atoms with van der Waals surface area (Å²) in [6.45, 7) is 11.5. The molecule has 0 aliphatic carbocycles. The van der Waals surface area contributed by atoms with E-state index in [0.29, 0.717) is 0 Å². The van der Waals surface area contributed by atoms with Gasteiger partial charge in [0.05, 0.1) is 0 Å². The fourth-order valence-electron chi connectivity index (χ4n) is 3.25. The minimum atomic E-state index is -0.180. The Morgan fingerprint density at radius 1 is 1.24 bits per heavy atom. The third kappa shape index (κ3) is 4.31. The fraction of sp³-hybridized carbons (Fsp3) is 0.611. The highest BCUT2D eigenvalue weighted by atomic mass is 16.1. The third-order valence-electron chi connectivity index (χ3n) is 4.43. The topological polar surface area (TPSA) is 23.6 Å². The Morgan fingerprint density at radius 2 is 1.95 bits per heavy atom. The van der Waals surface area contributed by atoms with Crippen LogP contribution in [0.25, 0.3) is 0 Å². The van der Waals surface area contributed by atoms with Gasteiger partial charge in [-0.15, -0.1) is 0 Å². The third-order valence-corrected chi connectivity index (χ3v) is 4.43. The van der Waals surface area contributed by atoms with Gasteiger partial charge >= 0.3 is 0 Å². The molecule has 0 saturated carbocycles. The number of benzene rings is 1. The van der Waals surface area contributed by atoms with Crippen molar-refractivity contribution < 1.29 is 4.79 Å². The van der Waals surface area contributed by atoms with Crippen molar-refractivity contribution in [2.45, 2.75) is 33.6 Å². The molecule has 1 aromatic rings. The van der Waals surface area contributed by atoms with Crippen LogP contribution in [-0.4, -0.2) is 43.9 Å². The molecule has 3 nitrogen and oxygen atoms in total. The average molecular weight is 288 g/mol. The van der Waals surface area contributed by atoms with Crippen molar-refractivity contribution in [3.05, 3.63) is 29.8 Å². The predicted molar refractivity (Wildman–Crippen MR) is 88.9 cm³/mol. The molecule has 0 radical (unpaired) electrons. The second kappa shape index (κ2) is 7.08. The molecular formula is C18H28N2O. The summed E-state index contributed by atoms with van der Waals surface area (Å²) >= 11 is 0. The van der Waals surface area contributed by atoms with Crippen LogP contribution in [0.1, 0.15) is 32.3 Å². The van der Waals surface area contributed by atoms with E-state index in [1.807, 2.05) is 0 Å². The van der Waals surface area contributed by atoms with Gasteiger partial charge in [0.25, 0.3) is 0 Å². The van der Waals surface area contributed by atoms with E-state index in [4.69, 9.17) is 0 Å². The monoisotopic (exact) mass is 288 g/mol. The summed E-state index contributed by atoms with van der Waals surface area (Å²) in [4.78, 5) is 16.3. The van der Waals surface area contributed by atoms with Gasteiger partial charge in [0, 0.05) is 43.8 Å². The number of piperazine rings is 1. The van der Waals surface area contributed by atoms with Gasteiger partial charge in [-0.05, 0) is 31.0 Å². The highest BCUT2D eigenvalue weighted by Gasteiger charge is 2.27. The van der Waals surface area contributed by atoms with Gasteiger partial charge in [0.15, 0.2) is 0 Å². The zero-order valence-electron chi connectivity index (χ0n) is 13.6. The number of rotatable bonds is 6. The minimum Gasteiger partial charge on any atom is -0.369 e. The zero-order chi connectivity index (χ0) is 15.3. The van der Waals surface area contributed by atoms with Crippen LogP contribution in [0.2, 0.25) is 0 Å². The number of aldehydes is 1. The Balaban J connectivity index is 1.90. The lowest BCUT2D eigenvalue weighted by molar-refractivity contribution is -0.116. The molecule has 1 aliphatic rings. The van der Waals surface area contributed by atoms with E-state index >= 15 is 0 Å². The van der Waals surface area contributed by atoms with E-state index in [0.717, 1.165) is 51.9 Å². The Kier molecular flexibility index (Phi) is 5.40. The first kappa shape index (κ1) is 16.0. The Hall–Kier alpha value is -1.35. The van der Waals surface area contributed by atoms with Crippen molar-refractivity contribution in [2.24, 2.45) is 5.41 Å². The van der Waals surface area contributed by atoms with Crippen LogP contribution in [0.3, 0.4) is 0 Å². The molecule has 1 aliphatic heterocycles. The van der Waals surface area contributed by atoms with Gasteiger partial charge in [-0.25, -0.2) is 0 Å². The van der Waals surface area contributed by atoms with Crippen LogP contribution in [0.4, 0.5) is 5.69 Å². The lowest BCUT2D eigenvalue weighted by Crippen LogP contribution is -2.49. The van der Waals surface area contributed by atoms with Gasteiger partial charge in [-0.3, -0.25) is 4.90 Å². The minimum absolute atomic E-state index is 0.180. The largest absolute Gasteiger partial charge is 0.369 e. The van der Waals surface area contributed by atoms with Crippen molar-refractivity contribution in [1.29, 1.82) is 0 Å². The number of carbonyl (C=O) groups excluding carboxylic acids is 1. The SMILES string of the molecule is CCCC(C)(C=O)CN1CCN(c2cccc(C)c2)CC1. The molecule has 21 heavy (non-hydrogen) atoms. The highest BCUT2D eigenvalue weighted by Crippen LogP contribution is 2.24. The fourth-order valence-corrected chi connectivity index (χ4v) is 3.25. The smallest absolute Gasteiger partial charge is 0.127 e. The lowest BCUT2D eigenvalue weighted by Gasteiger charge is -2.39. The maximum atomic E-state index is 11.4. The molecule has 1 fully saturated rings. The number of carbonyl (C=O) groups is 1. The van der Waals surface area contributed by atoms with E-state index in [1.165, 1.54) is 11.3 Å². The van der Waals surface area contributed by atoms with Crippen molar-refractivity contribution >= 4 is 12.0 Å². The molecule has 3 heteroatoms. The summed E-state index contributed by atoms with van der Waals surface area (Å²) in [6.07, 6.45) is 3.20. The number of nitrogens with zero attached hydrogens (tertiary/aromatic N) is 2. The van der Waals surface area contributed by atoms with Crippen molar-refractivity contribution in [3.8, 4) is 0 Å². The Bertz CT molecular complexity index is 466. The van der Waals surface area contributed by atoms with Gasteiger partial charge in [0.1, 0.15) is 6.29 Å². The van der Waals surface area contributed by atoms with E-state index in [9.17, 15) is 4.79 Å². The molecule has 116 valence electrons. The van der Waals surface area contributed by atoms with Gasteiger partial charge in [-0.1, -0.05) is 32.4 Å². The van der Waals surface area contributed by atoms with E-state index in [1.54, 1.807) is 0 Å². The van der Waals surface area contributed by atoms with Crippen molar-refractivity contribution in [2.75, 3.05) is 37.6 Å². The standard InChI is InChI=1S/C18H28N2O/c1-4-8-18(3,15-21)14-19-9-11-20(12-10-19)17-7-5-6-16(2)13-17/h5-7,13,15H,4,8-12,14H2,1-3H3. The van der Waals surface area contributed by atoms with Crippen LogP contribution < -0.4 is 4.90 Å². The highest BCUT2D eigenvalue weighted by molar-refractivity contribution is 5.59. The van der Waals surface area contributed by atoms with E-state index in [2.05, 4.69) is 54.8 Å². The van der Waals surface area contributed by atoms with Crippen LogP contribution in [0.15, 0.2) is 24.3 Å². The maximum Gasteiger partial charge on any atom is 0.127 e. The summed E-state index contributed by atoms with van der Waals surface area (Å²) < 4.78 is 0. The molecule has 1 saturated heterocycles. The summed E-state index contributed by atoms with van der Waals surface area (Å²) in [5.74, 6) is 0. The molecule has 0 aromatic heterocycles. The maximum absolute atomic E-state index is 11.4. The zero-order valence-corrected chi connectivity index (χ0v) is 13.6. The summed E-state index contributed by atoms with van der Waals surface area (Å²) in [7, 11) is 0. The molecule has 0 amide bonds. The van der Waals surface area contributed by atoms with Crippen LogP contribution in [0, 0.1) is 12.3 Å². The second-order valence-corrected chi connectivity index (χ2v) is 6.62. The average Bonchev–Trinajstić information content (AvgIpc) is 2.48. The molecular weight excluding hydrogens is 260 g/mol. The molecule has 0 spiro atoms. The second-order valence-electron chi connectivity index (χ2n) is 6.62. The van der Waals surface area contributed by atoms with Crippen LogP contribution in [-0.2, 0) is 4.79 Å². The molecule has 1 unspecified atom stereocenters. The van der Waals surface area contributed by atoms with Gasteiger partial charge in [-0.2, -0.15) is 0 Å². The van der Waals surface area contributed by atoms with Crippen LogP contribution in [0.5, 0.6) is 0 Å². The first-order valence-electron chi connectivity index (χ1n) is 8.06. The lowest BCUT2D eigenvalue weighted by atomic mass is 9.86. The number of hydrogen-bond acceptors (Lipinski definition) is 3. The quantitative estimate of drug-likeness (QED) is 0.751. The summed E-state index contributed by atoms with van der Waals surface area (Å²) in [5.41, 5.74) is 2.45. The van der Waals surface area contributed by atoms with Crippen molar-refractivity contribution in [3.63, 3.8) is 0 Å². The number of hydrogen-bond donors (Lipinski definition) is 0. The molecule has 2 rings (SSSR count). The van der Waals surface area contributed by atoms with E-state index in [-0.39, 0.29) is 5.41 Å². The summed E-state index contributed by atoms with van der Waals surface area (Å²) in [5, 5.41) is 0. The predicted octanol–water partition coefficient (Wildman–Crippen LogP) is 3.12. The molecule has 1 aromatic carbocycles. The molecule has 0 bridgehead atoms. The van der Waals surface area contributed by atoms with Gasteiger partial charge < -0.3 is 9.69 Å². The first-order chi connectivity index (χ1) is 10.1. The number of aryl methyl sites for hydroxylation is 1. The van der Waals surface area contributed by atoms with E-state index < -0.39 is 0 Å². The first-order valence-corrected chi connectivity index (χ1v) is 8.06. The Labute approximate surface area is 128 Å². The van der Waals surface area contributed by atoms with Crippen LogP contribution >= 0.6 is 0 Å². The molecule has 0 N–H and O–H groups in total. The number of anilines is 1. The Morgan fingerprint density at radius 3 is 2.52 bits per heavy atom. The van der Waals surface area contributed by atoms with Crippen molar-refractivity contribution in [1.82, 2.24) is 4.90 Å².